The van der Waals surface area contributed by atoms with Gasteiger partial charge < -0.3 is 0 Å². The number of halogens is 4. The number of thiophene rings is 1. The fourth-order valence-electron chi connectivity index (χ4n) is 1.87. The molecule has 0 spiro atoms. The highest BCUT2D eigenvalue weighted by atomic mass is 32.2. The molecule has 0 bridgehead atoms. The first-order chi connectivity index (χ1) is 10.3. The van der Waals surface area contributed by atoms with Crippen LogP contribution in [0, 0.1) is 17.1 Å². The highest BCUT2D eigenvalue weighted by Crippen LogP contribution is 2.42. The Bertz CT molecular complexity index is 673. The lowest BCUT2D eigenvalue weighted by molar-refractivity contribution is -0.169. The summed E-state index contributed by atoms with van der Waals surface area (Å²) in [6, 6.07) is 7.49. The maximum atomic E-state index is 13.3. The van der Waals surface area contributed by atoms with Crippen LogP contribution in [0.15, 0.2) is 40.6 Å². The predicted molar refractivity (Wildman–Crippen MR) is 77.9 cm³/mol. The average Bonchev–Trinajstić information content (AvgIpc) is 2.87. The largest absolute Gasteiger partial charge is 0.408 e. The van der Waals surface area contributed by atoms with Crippen LogP contribution in [0.5, 0.6) is 0 Å². The molecule has 116 valence electrons. The lowest BCUT2D eigenvalue weighted by Crippen LogP contribution is -2.31. The van der Waals surface area contributed by atoms with Gasteiger partial charge in [0.2, 0.25) is 0 Å². The van der Waals surface area contributed by atoms with Crippen LogP contribution in [0.3, 0.4) is 0 Å². The van der Waals surface area contributed by atoms with Gasteiger partial charge in [-0.05, 0) is 48.8 Å². The first-order valence-electron chi connectivity index (χ1n) is 6.04. The maximum Gasteiger partial charge on any atom is 0.408 e. The van der Waals surface area contributed by atoms with E-state index >= 15 is 0 Å². The van der Waals surface area contributed by atoms with Crippen LogP contribution in [0.2, 0.25) is 0 Å². The van der Waals surface area contributed by atoms with Gasteiger partial charge in [-0.1, -0.05) is 12.1 Å². The van der Waals surface area contributed by atoms with E-state index in [0.29, 0.717) is 9.09 Å². The van der Waals surface area contributed by atoms with Gasteiger partial charge in [-0.2, -0.15) is 18.4 Å². The molecule has 0 radical (unpaired) electrons. The Balaban J connectivity index is 2.25. The zero-order valence-corrected chi connectivity index (χ0v) is 12.9. The predicted octanol–water partition coefficient (Wildman–Crippen LogP) is 5.00. The van der Waals surface area contributed by atoms with Crippen molar-refractivity contribution < 1.29 is 17.6 Å². The Kier molecular flexibility index (Phi) is 5.11. The molecule has 1 atom stereocenters. The molecule has 22 heavy (non-hydrogen) atoms. The van der Waals surface area contributed by atoms with Crippen LogP contribution in [-0.2, 0) is 0 Å². The van der Waals surface area contributed by atoms with E-state index < -0.39 is 18.0 Å². The van der Waals surface area contributed by atoms with Gasteiger partial charge in [-0.15, -0.1) is 11.3 Å². The first-order valence-corrected chi connectivity index (χ1v) is 7.63. The minimum atomic E-state index is -4.51. The molecular formula is C14H10F4N2S2. The van der Waals surface area contributed by atoms with Crippen LogP contribution in [0.4, 0.5) is 17.6 Å². The second-order valence-corrected chi connectivity index (χ2v) is 6.90. The molecule has 2 aromatic rings. The first kappa shape index (κ1) is 16.8. The third kappa shape index (κ3) is 4.00. The minimum Gasteiger partial charge on any atom is -0.232 e. The SMILES string of the molecule is CN(Sc1ccc(C#N)s1)[C@H](c1ccc(F)cc1)C(F)(F)F. The average molecular weight is 346 g/mol. The lowest BCUT2D eigenvalue weighted by atomic mass is 10.1. The van der Waals surface area contributed by atoms with Crippen molar-refractivity contribution >= 4 is 23.3 Å². The van der Waals surface area contributed by atoms with Crippen molar-refractivity contribution in [1.29, 1.82) is 5.26 Å². The zero-order chi connectivity index (χ0) is 16.3. The van der Waals surface area contributed by atoms with Gasteiger partial charge in [0.15, 0.2) is 0 Å². The Morgan fingerprint density at radius 2 is 1.82 bits per heavy atom. The summed E-state index contributed by atoms with van der Waals surface area (Å²) in [5.74, 6) is -0.586. The topological polar surface area (TPSA) is 27.0 Å². The van der Waals surface area contributed by atoms with E-state index in [4.69, 9.17) is 5.26 Å². The summed E-state index contributed by atoms with van der Waals surface area (Å²) in [4.78, 5) is 0.432. The van der Waals surface area contributed by atoms with E-state index in [1.54, 1.807) is 12.1 Å². The summed E-state index contributed by atoms with van der Waals surface area (Å²) in [7, 11) is 1.32. The van der Waals surface area contributed by atoms with Crippen LogP contribution in [0.25, 0.3) is 0 Å². The fourth-order valence-corrected chi connectivity index (χ4v) is 3.94. The quantitative estimate of drug-likeness (QED) is 0.576. The number of rotatable bonds is 4. The molecule has 8 heteroatoms. The van der Waals surface area contributed by atoms with Gasteiger partial charge >= 0.3 is 6.18 Å². The Morgan fingerprint density at radius 3 is 2.32 bits per heavy atom. The highest BCUT2D eigenvalue weighted by Gasteiger charge is 2.44. The molecule has 0 unspecified atom stereocenters. The van der Waals surface area contributed by atoms with E-state index in [0.717, 1.165) is 51.9 Å². The molecule has 0 saturated heterocycles. The van der Waals surface area contributed by atoms with Gasteiger partial charge in [0.05, 0.1) is 4.21 Å². The molecule has 0 N–H and O–H groups in total. The molecule has 2 nitrogen and oxygen atoms in total. The second kappa shape index (κ2) is 6.69. The third-order valence-electron chi connectivity index (χ3n) is 2.78. The molecule has 0 amide bonds. The Labute approximate surface area is 133 Å². The van der Waals surface area contributed by atoms with E-state index in [1.165, 1.54) is 7.05 Å². The molecular weight excluding hydrogens is 336 g/mol. The van der Waals surface area contributed by atoms with E-state index in [2.05, 4.69) is 0 Å². The molecule has 0 saturated carbocycles. The maximum absolute atomic E-state index is 13.3. The molecule has 0 aliphatic heterocycles. The Hall–Kier alpha value is -1.56. The van der Waals surface area contributed by atoms with Crippen molar-refractivity contribution in [1.82, 2.24) is 4.31 Å². The van der Waals surface area contributed by atoms with Gasteiger partial charge in [0, 0.05) is 0 Å². The number of alkyl halides is 3. The fraction of sp³-hybridized carbons (Fsp3) is 0.214. The lowest BCUT2D eigenvalue weighted by Gasteiger charge is -2.28. The van der Waals surface area contributed by atoms with E-state index in [1.807, 2.05) is 6.07 Å². The van der Waals surface area contributed by atoms with Gasteiger partial charge in [-0.25, -0.2) is 8.70 Å². The normalized spacial score (nSPS) is 13.1. The number of benzene rings is 1. The zero-order valence-electron chi connectivity index (χ0n) is 11.3. The highest BCUT2D eigenvalue weighted by molar-refractivity contribution is 7.98. The summed E-state index contributed by atoms with van der Waals surface area (Å²) in [5, 5.41) is 8.75. The second-order valence-electron chi connectivity index (χ2n) is 4.36. The van der Waals surface area contributed by atoms with Crippen molar-refractivity contribution in [3.05, 3.63) is 52.7 Å². The smallest absolute Gasteiger partial charge is 0.232 e. The van der Waals surface area contributed by atoms with E-state index in [-0.39, 0.29) is 5.56 Å². The number of hydrogen-bond donors (Lipinski definition) is 0. The summed E-state index contributed by atoms with van der Waals surface area (Å²) >= 11 is 2.02. The summed E-state index contributed by atoms with van der Waals surface area (Å²) in [6.45, 7) is 0. The van der Waals surface area contributed by atoms with Crippen LogP contribution < -0.4 is 0 Å². The van der Waals surface area contributed by atoms with Gasteiger partial charge in [-0.3, -0.25) is 0 Å². The van der Waals surface area contributed by atoms with Crippen molar-refractivity contribution in [3.63, 3.8) is 0 Å². The molecule has 1 aromatic heterocycles. The number of hydrogen-bond acceptors (Lipinski definition) is 4. The molecule has 0 aliphatic rings. The van der Waals surface area contributed by atoms with Crippen molar-refractivity contribution in [3.8, 4) is 6.07 Å². The minimum absolute atomic E-state index is 0.0408. The van der Waals surface area contributed by atoms with Crippen LogP contribution in [0.1, 0.15) is 16.5 Å². The van der Waals surface area contributed by atoms with Crippen LogP contribution in [-0.4, -0.2) is 17.5 Å². The summed E-state index contributed by atoms with van der Waals surface area (Å²) < 4.78 is 54.5. The Morgan fingerprint density at radius 1 is 1.18 bits per heavy atom. The molecule has 0 aliphatic carbocycles. The van der Waals surface area contributed by atoms with Gasteiger partial charge in [0.1, 0.15) is 22.8 Å². The third-order valence-corrected chi connectivity index (χ3v) is 4.86. The number of nitriles is 1. The van der Waals surface area contributed by atoms with Crippen molar-refractivity contribution in [2.24, 2.45) is 0 Å². The van der Waals surface area contributed by atoms with E-state index in [9.17, 15) is 17.6 Å². The summed E-state index contributed by atoms with van der Waals surface area (Å²) in [5.41, 5.74) is -0.0408. The van der Waals surface area contributed by atoms with Crippen molar-refractivity contribution in [2.75, 3.05) is 7.05 Å². The molecule has 1 aromatic carbocycles. The summed E-state index contributed by atoms with van der Waals surface area (Å²) in [6.07, 6.45) is -4.51. The molecule has 2 rings (SSSR count). The molecule has 0 fully saturated rings. The van der Waals surface area contributed by atoms with Crippen LogP contribution >= 0.6 is 23.3 Å². The monoisotopic (exact) mass is 346 g/mol. The van der Waals surface area contributed by atoms with Gasteiger partial charge in [0.25, 0.3) is 0 Å². The standard InChI is InChI=1S/C14H10F4N2S2/c1-20(22-12-7-6-11(8-19)21-12)13(14(16,17)18)9-2-4-10(15)5-3-9/h2-7,13H,1H3/t13-/m1/s1. The van der Waals surface area contributed by atoms with Crippen molar-refractivity contribution in [2.45, 2.75) is 16.4 Å². The number of nitrogens with zero attached hydrogens (tertiary/aromatic N) is 2. The molecule has 1 heterocycles.